The fraction of sp³-hybridized carbons (Fsp3) is 0.412. The molecule has 0 aliphatic heterocycles. The maximum atomic E-state index is 5.22. The lowest BCUT2D eigenvalue weighted by molar-refractivity contribution is 0.415. The van der Waals surface area contributed by atoms with Crippen LogP contribution >= 0.6 is 0 Å². The van der Waals surface area contributed by atoms with Gasteiger partial charge in [-0.25, -0.2) is 0 Å². The number of rotatable bonds is 2. The molecular weight excluding hydrogens is 220 g/mol. The fourth-order valence-electron chi connectivity index (χ4n) is 2.48. The highest BCUT2D eigenvalue weighted by Crippen LogP contribution is 2.39. The van der Waals surface area contributed by atoms with Crippen molar-refractivity contribution >= 4 is 5.57 Å². The Morgan fingerprint density at radius 1 is 1.06 bits per heavy atom. The van der Waals surface area contributed by atoms with Gasteiger partial charge in [0.25, 0.3) is 0 Å². The smallest absolute Gasteiger partial charge is 0.118 e. The zero-order valence-corrected chi connectivity index (χ0v) is 11.8. The predicted molar refractivity (Wildman–Crippen MR) is 77.7 cm³/mol. The quantitative estimate of drug-likeness (QED) is 0.720. The number of allylic oxidation sites excluding steroid dienone is 4. The Labute approximate surface area is 110 Å². The van der Waals surface area contributed by atoms with Gasteiger partial charge in [0.05, 0.1) is 7.11 Å². The third-order valence-corrected chi connectivity index (χ3v) is 3.48. The number of ether oxygens (including phenoxy) is 1. The minimum atomic E-state index is 0.236. The summed E-state index contributed by atoms with van der Waals surface area (Å²) in [6, 6.07) is 8.36. The first kappa shape index (κ1) is 12.9. The van der Waals surface area contributed by atoms with Crippen LogP contribution in [0.15, 0.2) is 42.0 Å². The van der Waals surface area contributed by atoms with Gasteiger partial charge in [-0.15, -0.1) is 0 Å². The minimum absolute atomic E-state index is 0.236. The second-order valence-electron chi connectivity index (χ2n) is 5.81. The van der Waals surface area contributed by atoms with Crippen molar-refractivity contribution in [2.75, 3.05) is 7.11 Å². The van der Waals surface area contributed by atoms with Crippen molar-refractivity contribution in [2.45, 2.75) is 33.6 Å². The summed E-state index contributed by atoms with van der Waals surface area (Å²) in [5.74, 6) is 0.913. The second-order valence-corrected chi connectivity index (χ2v) is 5.81. The van der Waals surface area contributed by atoms with Gasteiger partial charge in [0.2, 0.25) is 0 Å². The van der Waals surface area contributed by atoms with E-state index in [2.05, 4.69) is 45.1 Å². The highest BCUT2D eigenvalue weighted by molar-refractivity contribution is 5.78. The van der Waals surface area contributed by atoms with Crippen molar-refractivity contribution in [3.63, 3.8) is 0 Å². The van der Waals surface area contributed by atoms with E-state index in [-0.39, 0.29) is 5.41 Å². The summed E-state index contributed by atoms with van der Waals surface area (Å²) in [5, 5.41) is 0. The summed E-state index contributed by atoms with van der Waals surface area (Å²) in [7, 11) is 1.70. The molecule has 1 aromatic carbocycles. The van der Waals surface area contributed by atoms with E-state index in [1.54, 1.807) is 12.7 Å². The van der Waals surface area contributed by atoms with Crippen LogP contribution in [-0.4, -0.2) is 7.11 Å². The first-order valence-corrected chi connectivity index (χ1v) is 6.57. The molecule has 0 fully saturated rings. The molecule has 18 heavy (non-hydrogen) atoms. The lowest BCUT2D eigenvalue weighted by Crippen LogP contribution is -2.13. The lowest BCUT2D eigenvalue weighted by atomic mass is 9.77. The van der Waals surface area contributed by atoms with Gasteiger partial charge in [0.15, 0.2) is 0 Å². The van der Waals surface area contributed by atoms with Crippen LogP contribution in [-0.2, 0) is 0 Å². The normalized spacial score (nSPS) is 16.0. The van der Waals surface area contributed by atoms with E-state index in [0.717, 1.165) is 12.2 Å². The Morgan fingerprint density at radius 2 is 1.72 bits per heavy atom. The van der Waals surface area contributed by atoms with Crippen LogP contribution in [0.5, 0.6) is 5.75 Å². The van der Waals surface area contributed by atoms with Gasteiger partial charge in [0.1, 0.15) is 5.75 Å². The molecule has 1 nitrogen and oxygen atoms in total. The predicted octanol–water partition coefficient (Wildman–Crippen LogP) is 4.84. The Hall–Kier alpha value is -1.50. The average molecular weight is 242 g/mol. The molecule has 0 saturated carbocycles. The van der Waals surface area contributed by atoms with E-state index in [1.165, 1.54) is 17.6 Å². The minimum Gasteiger partial charge on any atom is -0.497 e. The van der Waals surface area contributed by atoms with E-state index < -0.39 is 0 Å². The van der Waals surface area contributed by atoms with Crippen molar-refractivity contribution in [3.8, 4) is 5.75 Å². The summed E-state index contributed by atoms with van der Waals surface area (Å²) >= 11 is 0. The largest absolute Gasteiger partial charge is 0.497 e. The maximum Gasteiger partial charge on any atom is 0.118 e. The van der Waals surface area contributed by atoms with Crippen LogP contribution in [0.4, 0.5) is 0 Å². The summed E-state index contributed by atoms with van der Waals surface area (Å²) in [5.41, 5.74) is 4.46. The second kappa shape index (κ2) is 5.01. The molecule has 0 saturated heterocycles. The summed E-state index contributed by atoms with van der Waals surface area (Å²) < 4.78 is 5.22. The standard InChI is InChI=1S/C17H22O/c1-17(2,3)16-8-6-5-7-15(16)13-9-11-14(18-4)12-10-13/h5,7,9-12H,6,8H2,1-4H3. The Kier molecular flexibility index (Phi) is 3.60. The first-order chi connectivity index (χ1) is 8.52. The Balaban J connectivity index is 2.45. The zero-order chi connectivity index (χ0) is 13.2. The van der Waals surface area contributed by atoms with Crippen LogP contribution in [0.2, 0.25) is 0 Å². The molecule has 1 aliphatic carbocycles. The van der Waals surface area contributed by atoms with Gasteiger partial charge in [0, 0.05) is 0 Å². The van der Waals surface area contributed by atoms with Crippen molar-refractivity contribution in [2.24, 2.45) is 5.41 Å². The monoisotopic (exact) mass is 242 g/mol. The zero-order valence-electron chi connectivity index (χ0n) is 11.8. The molecule has 2 rings (SSSR count). The summed E-state index contributed by atoms with van der Waals surface area (Å²) in [6.45, 7) is 6.89. The first-order valence-electron chi connectivity index (χ1n) is 6.57. The van der Waals surface area contributed by atoms with Gasteiger partial charge >= 0.3 is 0 Å². The van der Waals surface area contributed by atoms with Gasteiger partial charge < -0.3 is 4.74 Å². The number of hydrogen-bond acceptors (Lipinski definition) is 1. The SMILES string of the molecule is COc1ccc(C2=C(C(C)(C)C)CCC=C2)cc1. The van der Waals surface area contributed by atoms with Crippen LogP contribution in [0, 0.1) is 5.41 Å². The van der Waals surface area contributed by atoms with E-state index in [4.69, 9.17) is 4.74 Å². The third-order valence-electron chi connectivity index (χ3n) is 3.48. The molecule has 0 bridgehead atoms. The summed E-state index contributed by atoms with van der Waals surface area (Å²) in [4.78, 5) is 0. The maximum absolute atomic E-state index is 5.22. The van der Waals surface area contributed by atoms with Crippen LogP contribution < -0.4 is 4.74 Å². The van der Waals surface area contributed by atoms with Crippen molar-refractivity contribution < 1.29 is 4.74 Å². The van der Waals surface area contributed by atoms with Gasteiger partial charge in [-0.3, -0.25) is 0 Å². The van der Waals surface area contributed by atoms with E-state index >= 15 is 0 Å². The van der Waals surface area contributed by atoms with Crippen molar-refractivity contribution in [3.05, 3.63) is 47.6 Å². The van der Waals surface area contributed by atoms with Crippen LogP contribution in [0.25, 0.3) is 5.57 Å². The molecule has 0 aromatic heterocycles. The van der Waals surface area contributed by atoms with Gasteiger partial charge in [-0.05, 0) is 41.5 Å². The molecular formula is C17H22O. The van der Waals surface area contributed by atoms with E-state index in [9.17, 15) is 0 Å². The topological polar surface area (TPSA) is 9.23 Å². The van der Waals surface area contributed by atoms with Gasteiger partial charge in [-0.2, -0.15) is 0 Å². The van der Waals surface area contributed by atoms with Gasteiger partial charge in [-0.1, -0.05) is 50.6 Å². The lowest BCUT2D eigenvalue weighted by Gasteiger charge is -2.28. The highest BCUT2D eigenvalue weighted by Gasteiger charge is 2.22. The molecule has 0 radical (unpaired) electrons. The number of hydrogen-bond donors (Lipinski definition) is 0. The molecule has 0 spiro atoms. The van der Waals surface area contributed by atoms with E-state index in [1.807, 2.05) is 12.1 Å². The molecule has 1 heteroatoms. The number of methoxy groups -OCH3 is 1. The molecule has 0 atom stereocenters. The molecule has 96 valence electrons. The van der Waals surface area contributed by atoms with Crippen molar-refractivity contribution in [1.82, 2.24) is 0 Å². The molecule has 1 aromatic rings. The molecule has 0 N–H and O–H groups in total. The van der Waals surface area contributed by atoms with Crippen molar-refractivity contribution in [1.29, 1.82) is 0 Å². The van der Waals surface area contributed by atoms with E-state index in [0.29, 0.717) is 0 Å². The third kappa shape index (κ3) is 2.66. The Morgan fingerprint density at radius 3 is 2.28 bits per heavy atom. The molecule has 0 heterocycles. The fourth-order valence-corrected chi connectivity index (χ4v) is 2.48. The van der Waals surface area contributed by atoms with Crippen LogP contribution in [0.3, 0.4) is 0 Å². The van der Waals surface area contributed by atoms with Crippen LogP contribution in [0.1, 0.15) is 39.2 Å². The highest BCUT2D eigenvalue weighted by atomic mass is 16.5. The average Bonchev–Trinajstić information content (AvgIpc) is 2.38. The number of benzene rings is 1. The summed E-state index contributed by atoms with van der Waals surface area (Å²) in [6.07, 6.45) is 6.87. The molecule has 0 amide bonds. The molecule has 1 aliphatic rings. The Bertz CT molecular complexity index is 469. The molecule has 0 unspecified atom stereocenters.